The van der Waals surface area contributed by atoms with Gasteiger partial charge in [-0.1, -0.05) is 26.7 Å². The molecule has 0 aromatic heterocycles. The van der Waals surface area contributed by atoms with Crippen LogP contribution in [0.25, 0.3) is 0 Å². The SMILES string of the molecule is CCC(CC)C(C)NC(=O)NC1(CC(=O)O)CCC1. The van der Waals surface area contributed by atoms with Gasteiger partial charge in [0.25, 0.3) is 0 Å². The van der Waals surface area contributed by atoms with Crippen molar-refractivity contribution in [3.05, 3.63) is 0 Å². The number of urea groups is 1. The van der Waals surface area contributed by atoms with Crippen molar-refractivity contribution in [3.8, 4) is 0 Å². The van der Waals surface area contributed by atoms with E-state index in [1.165, 1.54) is 0 Å². The predicted octanol–water partition coefficient (Wildman–Crippen LogP) is 2.51. The van der Waals surface area contributed by atoms with Crippen LogP contribution in [-0.4, -0.2) is 28.7 Å². The van der Waals surface area contributed by atoms with Crippen LogP contribution < -0.4 is 10.6 Å². The van der Waals surface area contributed by atoms with Gasteiger partial charge in [0.2, 0.25) is 0 Å². The molecule has 0 aromatic rings. The Kier molecular flexibility index (Phi) is 5.63. The van der Waals surface area contributed by atoms with E-state index in [-0.39, 0.29) is 18.5 Å². The van der Waals surface area contributed by atoms with Crippen molar-refractivity contribution in [1.82, 2.24) is 10.6 Å². The lowest BCUT2D eigenvalue weighted by Crippen LogP contribution is -2.58. The molecule has 1 atom stereocenters. The van der Waals surface area contributed by atoms with Gasteiger partial charge in [0.1, 0.15) is 0 Å². The molecule has 0 bridgehead atoms. The summed E-state index contributed by atoms with van der Waals surface area (Å²) >= 11 is 0. The number of carboxylic acid groups (broad SMARTS) is 1. The third kappa shape index (κ3) is 4.40. The number of carbonyl (C=O) groups is 2. The minimum atomic E-state index is -0.854. The van der Waals surface area contributed by atoms with Crippen LogP contribution in [0.4, 0.5) is 4.79 Å². The van der Waals surface area contributed by atoms with Gasteiger partial charge in [-0.3, -0.25) is 4.79 Å². The number of aliphatic carboxylic acids is 1. The first-order valence-corrected chi connectivity index (χ1v) is 7.23. The lowest BCUT2D eigenvalue weighted by atomic mass is 9.74. The summed E-state index contributed by atoms with van der Waals surface area (Å²) in [5.74, 6) is -0.393. The van der Waals surface area contributed by atoms with Crippen LogP contribution in [0.1, 0.15) is 59.3 Å². The molecular formula is C14H26N2O3. The van der Waals surface area contributed by atoms with Gasteiger partial charge < -0.3 is 15.7 Å². The quantitative estimate of drug-likeness (QED) is 0.665. The fraction of sp³-hybridized carbons (Fsp3) is 0.857. The fourth-order valence-electron chi connectivity index (χ4n) is 2.84. The Morgan fingerprint density at radius 3 is 2.21 bits per heavy atom. The van der Waals surface area contributed by atoms with Crippen LogP contribution in [0, 0.1) is 5.92 Å². The zero-order chi connectivity index (χ0) is 14.5. The van der Waals surface area contributed by atoms with Crippen molar-refractivity contribution in [1.29, 1.82) is 0 Å². The van der Waals surface area contributed by atoms with Crippen molar-refractivity contribution < 1.29 is 14.7 Å². The normalized spacial score (nSPS) is 18.5. The molecule has 2 amide bonds. The maximum absolute atomic E-state index is 12.0. The first kappa shape index (κ1) is 15.8. The van der Waals surface area contributed by atoms with Crippen molar-refractivity contribution in [3.63, 3.8) is 0 Å². The Morgan fingerprint density at radius 1 is 1.26 bits per heavy atom. The molecule has 1 unspecified atom stereocenters. The Bertz CT molecular complexity index is 323. The molecule has 0 aromatic carbocycles. The van der Waals surface area contributed by atoms with E-state index in [0.717, 1.165) is 32.1 Å². The molecular weight excluding hydrogens is 244 g/mol. The molecule has 3 N–H and O–H groups in total. The van der Waals surface area contributed by atoms with E-state index >= 15 is 0 Å². The third-order valence-electron chi connectivity index (χ3n) is 4.29. The van der Waals surface area contributed by atoms with Gasteiger partial charge in [-0.25, -0.2) is 4.79 Å². The van der Waals surface area contributed by atoms with Crippen LogP contribution >= 0.6 is 0 Å². The highest BCUT2D eigenvalue weighted by atomic mass is 16.4. The maximum Gasteiger partial charge on any atom is 0.315 e. The zero-order valence-electron chi connectivity index (χ0n) is 12.2. The van der Waals surface area contributed by atoms with Crippen LogP contribution in [0.5, 0.6) is 0 Å². The first-order chi connectivity index (χ1) is 8.92. The highest BCUT2D eigenvalue weighted by Gasteiger charge is 2.40. The lowest BCUT2D eigenvalue weighted by molar-refractivity contribution is -0.139. The van der Waals surface area contributed by atoms with Crippen LogP contribution in [-0.2, 0) is 4.79 Å². The molecule has 1 saturated carbocycles. The van der Waals surface area contributed by atoms with E-state index in [1.54, 1.807) is 0 Å². The number of hydrogen-bond donors (Lipinski definition) is 3. The minimum absolute atomic E-state index is 0.0137. The molecule has 110 valence electrons. The van der Waals surface area contributed by atoms with Gasteiger partial charge in [-0.15, -0.1) is 0 Å². The van der Waals surface area contributed by atoms with Crippen LogP contribution in [0.2, 0.25) is 0 Å². The van der Waals surface area contributed by atoms with E-state index in [9.17, 15) is 9.59 Å². The molecule has 1 aliphatic rings. The average Bonchev–Trinajstić information content (AvgIpc) is 2.26. The summed E-state index contributed by atoms with van der Waals surface area (Å²) in [7, 11) is 0. The molecule has 0 radical (unpaired) electrons. The topological polar surface area (TPSA) is 78.4 Å². The second-order valence-electron chi connectivity index (χ2n) is 5.67. The van der Waals surface area contributed by atoms with Crippen molar-refractivity contribution >= 4 is 12.0 Å². The number of rotatable bonds is 7. The van der Waals surface area contributed by atoms with Gasteiger partial charge >= 0.3 is 12.0 Å². The third-order valence-corrected chi connectivity index (χ3v) is 4.29. The Morgan fingerprint density at radius 2 is 1.84 bits per heavy atom. The molecule has 0 spiro atoms. The summed E-state index contributed by atoms with van der Waals surface area (Å²) in [5, 5.41) is 14.7. The lowest BCUT2D eigenvalue weighted by Gasteiger charge is -2.41. The molecule has 19 heavy (non-hydrogen) atoms. The molecule has 0 heterocycles. The summed E-state index contributed by atoms with van der Waals surface area (Å²) in [5.41, 5.74) is -0.524. The van der Waals surface area contributed by atoms with Crippen LogP contribution in [0.15, 0.2) is 0 Å². The van der Waals surface area contributed by atoms with E-state index in [4.69, 9.17) is 5.11 Å². The van der Waals surface area contributed by atoms with Gasteiger partial charge in [-0.05, 0) is 32.1 Å². The van der Waals surface area contributed by atoms with E-state index in [1.807, 2.05) is 6.92 Å². The van der Waals surface area contributed by atoms with Gasteiger partial charge in [0, 0.05) is 6.04 Å². The largest absolute Gasteiger partial charge is 0.481 e. The second kappa shape index (κ2) is 6.78. The van der Waals surface area contributed by atoms with Gasteiger partial charge in [0.05, 0.1) is 12.0 Å². The van der Waals surface area contributed by atoms with E-state index < -0.39 is 11.5 Å². The Labute approximate surface area is 115 Å². The van der Waals surface area contributed by atoms with Crippen molar-refractivity contribution in [2.75, 3.05) is 0 Å². The summed E-state index contributed by atoms with van der Waals surface area (Å²) in [6.07, 6.45) is 4.56. The monoisotopic (exact) mass is 270 g/mol. The number of amides is 2. The number of nitrogens with one attached hydrogen (secondary N) is 2. The molecule has 5 heteroatoms. The summed E-state index contributed by atoms with van der Waals surface area (Å²) in [6.45, 7) is 6.23. The van der Waals surface area contributed by atoms with Gasteiger partial charge in [0.15, 0.2) is 0 Å². The number of hydrogen-bond acceptors (Lipinski definition) is 2. The standard InChI is InChI=1S/C14H26N2O3/c1-4-11(5-2)10(3)15-13(19)16-14(7-6-8-14)9-12(17)18/h10-11H,4-9H2,1-3H3,(H,17,18)(H2,15,16,19). The highest BCUT2D eigenvalue weighted by molar-refractivity contribution is 5.77. The smallest absolute Gasteiger partial charge is 0.315 e. The highest BCUT2D eigenvalue weighted by Crippen LogP contribution is 2.34. The second-order valence-corrected chi connectivity index (χ2v) is 5.67. The van der Waals surface area contributed by atoms with Gasteiger partial charge in [-0.2, -0.15) is 0 Å². The molecule has 5 nitrogen and oxygen atoms in total. The molecule has 0 aliphatic heterocycles. The summed E-state index contributed by atoms with van der Waals surface area (Å²) < 4.78 is 0. The van der Waals surface area contributed by atoms with Crippen LogP contribution in [0.3, 0.4) is 0 Å². The zero-order valence-corrected chi connectivity index (χ0v) is 12.2. The van der Waals surface area contributed by atoms with Crippen molar-refractivity contribution in [2.24, 2.45) is 5.92 Å². The molecule has 1 fully saturated rings. The molecule has 1 aliphatic carbocycles. The summed E-state index contributed by atoms with van der Waals surface area (Å²) in [6, 6.07) is -0.127. The summed E-state index contributed by atoms with van der Waals surface area (Å²) in [4.78, 5) is 22.8. The Hall–Kier alpha value is -1.26. The first-order valence-electron chi connectivity index (χ1n) is 7.23. The number of carbonyl (C=O) groups excluding carboxylic acids is 1. The molecule has 0 saturated heterocycles. The number of carboxylic acids is 1. The fourth-order valence-corrected chi connectivity index (χ4v) is 2.84. The van der Waals surface area contributed by atoms with E-state index in [0.29, 0.717) is 5.92 Å². The Balaban J connectivity index is 2.47. The maximum atomic E-state index is 12.0. The molecule has 1 rings (SSSR count). The average molecular weight is 270 g/mol. The van der Waals surface area contributed by atoms with E-state index in [2.05, 4.69) is 24.5 Å². The van der Waals surface area contributed by atoms with Crippen molar-refractivity contribution in [2.45, 2.75) is 70.9 Å². The minimum Gasteiger partial charge on any atom is -0.481 e. The predicted molar refractivity (Wildman–Crippen MR) is 74.0 cm³/mol.